The van der Waals surface area contributed by atoms with Crippen LogP contribution in [0.2, 0.25) is 0 Å². The van der Waals surface area contributed by atoms with Crippen molar-refractivity contribution >= 4 is 0 Å². The third kappa shape index (κ3) is 6.68. The van der Waals surface area contributed by atoms with Gasteiger partial charge in [0, 0.05) is 0 Å². The first-order valence-corrected chi connectivity index (χ1v) is 6.90. The predicted octanol–water partition coefficient (Wildman–Crippen LogP) is 4.62. The van der Waals surface area contributed by atoms with E-state index < -0.39 is 5.60 Å². The summed E-state index contributed by atoms with van der Waals surface area (Å²) < 4.78 is 0. The molecule has 0 saturated heterocycles. The minimum atomic E-state index is -0.502. The quantitative estimate of drug-likeness (QED) is 0.691. The Morgan fingerprint density at radius 3 is 2.65 bits per heavy atom. The monoisotopic (exact) mass is 236 g/mol. The van der Waals surface area contributed by atoms with Gasteiger partial charge in [0.25, 0.3) is 0 Å². The molecule has 1 nitrogen and oxygen atoms in total. The predicted molar refractivity (Wildman–Crippen MR) is 75.0 cm³/mol. The van der Waals surface area contributed by atoms with E-state index >= 15 is 0 Å². The van der Waals surface area contributed by atoms with Gasteiger partial charge in [0.15, 0.2) is 0 Å². The highest BCUT2D eigenvalue weighted by Gasteiger charge is 2.21. The SMILES string of the molecule is CC(C)=CCCC1=CCC(CC(C)(C)O)CC1. The van der Waals surface area contributed by atoms with Crippen LogP contribution in [0, 0.1) is 5.92 Å². The molecule has 0 aromatic heterocycles. The summed E-state index contributed by atoms with van der Waals surface area (Å²) in [6.45, 7) is 8.16. The second-order valence-corrected chi connectivity index (χ2v) is 6.34. The topological polar surface area (TPSA) is 20.2 Å². The van der Waals surface area contributed by atoms with Crippen molar-refractivity contribution in [2.24, 2.45) is 5.92 Å². The fraction of sp³-hybridized carbons (Fsp3) is 0.750. The van der Waals surface area contributed by atoms with Gasteiger partial charge < -0.3 is 5.11 Å². The maximum absolute atomic E-state index is 9.81. The zero-order valence-corrected chi connectivity index (χ0v) is 11.9. The summed E-state index contributed by atoms with van der Waals surface area (Å²) in [5.74, 6) is 0.683. The van der Waals surface area contributed by atoms with Crippen molar-refractivity contribution in [2.75, 3.05) is 0 Å². The number of hydrogen-bond donors (Lipinski definition) is 1. The van der Waals surface area contributed by atoms with Gasteiger partial charge in [-0.1, -0.05) is 23.3 Å². The summed E-state index contributed by atoms with van der Waals surface area (Å²) in [5, 5.41) is 9.81. The normalized spacial score (nSPS) is 21.0. The molecule has 1 N–H and O–H groups in total. The van der Waals surface area contributed by atoms with Crippen LogP contribution >= 0.6 is 0 Å². The first kappa shape index (κ1) is 14.5. The molecule has 1 aliphatic carbocycles. The van der Waals surface area contributed by atoms with Crippen molar-refractivity contribution in [3.8, 4) is 0 Å². The lowest BCUT2D eigenvalue weighted by molar-refractivity contribution is 0.0506. The maximum Gasteiger partial charge on any atom is 0.0594 e. The fourth-order valence-electron chi connectivity index (χ4n) is 2.61. The Balaban J connectivity index is 2.32. The summed E-state index contributed by atoms with van der Waals surface area (Å²) >= 11 is 0. The standard InChI is InChI=1S/C16H28O/c1-13(2)6-5-7-14-8-10-15(11-9-14)12-16(3,4)17/h6,8,15,17H,5,7,9-12H2,1-4H3. The van der Waals surface area contributed by atoms with E-state index in [1.165, 1.54) is 31.3 Å². The van der Waals surface area contributed by atoms with Gasteiger partial charge in [-0.05, 0) is 72.1 Å². The summed E-state index contributed by atoms with van der Waals surface area (Å²) in [7, 11) is 0. The van der Waals surface area contributed by atoms with Crippen LogP contribution in [-0.4, -0.2) is 10.7 Å². The van der Waals surface area contributed by atoms with E-state index in [0.717, 1.165) is 12.8 Å². The van der Waals surface area contributed by atoms with Crippen molar-refractivity contribution < 1.29 is 5.11 Å². The van der Waals surface area contributed by atoms with Crippen LogP contribution in [0.15, 0.2) is 23.3 Å². The van der Waals surface area contributed by atoms with Gasteiger partial charge in [-0.3, -0.25) is 0 Å². The molecule has 0 amide bonds. The molecule has 0 aromatic rings. The molecule has 0 aliphatic heterocycles. The number of allylic oxidation sites excluding steroid dienone is 4. The Hall–Kier alpha value is -0.560. The van der Waals surface area contributed by atoms with Crippen LogP contribution in [-0.2, 0) is 0 Å². The van der Waals surface area contributed by atoms with Crippen LogP contribution in [0.5, 0.6) is 0 Å². The Kier molecular flexibility index (Phi) is 5.45. The molecule has 1 heteroatoms. The summed E-state index contributed by atoms with van der Waals surface area (Å²) in [6.07, 6.45) is 11.7. The largest absolute Gasteiger partial charge is 0.390 e. The van der Waals surface area contributed by atoms with Gasteiger partial charge in [-0.25, -0.2) is 0 Å². The van der Waals surface area contributed by atoms with E-state index in [-0.39, 0.29) is 0 Å². The van der Waals surface area contributed by atoms with E-state index in [1.807, 2.05) is 13.8 Å². The van der Waals surface area contributed by atoms with Crippen LogP contribution < -0.4 is 0 Å². The van der Waals surface area contributed by atoms with Gasteiger partial charge in [-0.2, -0.15) is 0 Å². The highest BCUT2D eigenvalue weighted by atomic mass is 16.3. The summed E-state index contributed by atoms with van der Waals surface area (Å²) in [5.41, 5.74) is 2.54. The molecule has 1 rings (SSSR count). The minimum absolute atomic E-state index is 0.502. The van der Waals surface area contributed by atoms with Gasteiger partial charge >= 0.3 is 0 Å². The number of rotatable bonds is 5. The Labute approximate surface area is 107 Å². The van der Waals surface area contributed by atoms with Gasteiger partial charge in [0.2, 0.25) is 0 Å². The van der Waals surface area contributed by atoms with Gasteiger partial charge in [0.05, 0.1) is 5.60 Å². The highest BCUT2D eigenvalue weighted by molar-refractivity contribution is 5.08. The molecule has 0 spiro atoms. The van der Waals surface area contributed by atoms with E-state index in [2.05, 4.69) is 26.0 Å². The first-order chi connectivity index (χ1) is 7.87. The molecule has 98 valence electrons. The third-order valence-corrected chi connectivity index (χ3v) is 3.42. The molecular formula is C16H28O. The summed E-state index contributed by atoms with van der Waals surface area (Å²) in [6, 6.07) is 0. The summed E-state index contributed by atoms with van der Waals surface area (Å²) in [4.78, 5) is 0. The van der Waals surface area contributed by atoms with E-state index in [9.17, 15) is 5.11 Å². The second kappa shape index (κ2) is 6.39. The van der Waals surface area contributed by atoms with Crippen molar-refractivity contribution in [3.05, 3.63) is 23.3 Å². The van der Waals surface area contributed by atoms with Crippen molar-refractivity contribution in [1.29, 1.82) is 0 Å². The Morgan fingerprint density at radius 1 is 1.47 bits per heavy atom. The smallest absolute Gasteiger partial charge is 0.0594 e. The van der Waals surface area contributed by atoms with Crippen LogP contribution in [0.25, 0.3) is 0 Å². The highest BCUT2D eigenvalue weighted by Crippen LogP contribution is 2.31. The molecular weight excluding hydrogens is 208 g/mol. The minimum Gasteiger partial charge on any atom is -0.390 e. The van der Waals surface area contributed by atoms with E-state index in [0.29, 0.717) is 5.92 Å². The zero-order valence-electron chi connectivity index (χ0n) is 11.9. The van der Waals surface area contributed by atoms with Gasteiger partial charge in [0.1, 0.15) is 0 Å². The Morgan fingerprint density at radius 2 is 2.18 bits per heavy atom. The number of aliphatic hydroxyl groups is 1. The molecule has 17 heavy (non-hydrogen) atoms. The lowest BCUT2D eigenvalue weighted by Crippen LogP contribution is -2.24. The van der Waals surface area contributed by atoms with E-state index in [4.69, 9.17) is 0 Å². The molecule has 0 saturated carbocycles. The van der Waals surface area contributed by atoms with E-state index in [1.54, 1.807) is 5.57 Å². The van der Waals surface area contributed by atoms with Crippen molar-refractivity contribution in [3.63, 3.8) is 0 Å². The molecule has 1 unspecified atom stereocenters. The van der Waals surface area contributed by atoms with Crippen molar-refractivity contribution in [2.45, 2.75) is 71.8 Å². The average molecular weight is 236 g/mol. The Bertz CT molecular complexity index is 287. The van der Waals surface area contributed by atoms with Crippen LogP contribution in [0.3, 0.4) is 0 Å². The molecule has 1 atom stereocenters. The molecule has 0 heterocycles. The average Bonchev–Trinajstić information content (AvgIpc) is 2.18. The lowest BCUT2D eigenvalue weighted by atomic mass is 9.82. The van der Waals surface area contributed by atoms with Gasteiger partial charge in [-0.15, -0.1) is 0 Å². The van der Waals surface area contributed by atoms with Crippen LogP contribution in [0.1, 0.15) is 66.2 Å². The lowest BCUT2D eigenvalue weighted by Gasteiger charge is -2.27. The molecule has 1 aliphatic rings. The van der Waals surface area contributed by atoms with Crippen molar-refractivity contribution in [1.82, 2.24) is 0 Å². The second-order valence-electron chi connectivity index (χ2n) is 6.34. The molecule has 0 aromatic carbocycles. The molecule has 0 fully saturated rings. The number of hydrogen-bond acceptors (Lipinski definition) is 1. The third-order valence-electron chi connectivity index (χ3n) is 3.42. The molecule has 0 bridgehead atoms. The maximum atomic E-state index is 9.81. The first-order valence-electron chi connectivity index (χ1n) is 6.90. The fourth-order valence-corrected chi connectivity index (χ4v) is 2.61. The molecule has 0 radical (unpaired) electrons. The van der Waals surface area contributed by atoms with Crippen LogP contribution in [0.4, 0.5) is 0 Å². The zero-order chi connectivity index (χ0) is 12.9.